The number of rotatable bonds is 4. The molecule has 7 nitrogen and oxygen atoms in total. The molecule has 2 aromatic rings. The Balaban J connectivity index is 2.05. The third-order valence-corrected chi connectivity index (χ3v) is 2.49. The molecule has 0 radical (unpaired) electrons. The Bertz CT molecular complexity index is 558. The lowest BCUT2D eigenvalue weighted by Gasteiger charge is -2.06. The Morgan fingerprint density at radius 1 is 1.61 bits per heavy atom. The minimum absolute atomic E-state index is 0.271. The van der Waals surface area contributed by atoms with Crippen molar-refractivity contribution in [1.82, 2.24) is 20.3 Å². The molecule has 96 valence electrons. The van der Waals surface area contributed by atoms with Crippen molar-refractivity contribution < 1.29 is 9.32 Å². The Labute approximate surface area is 104 Å². The third kappa shape index (κ3) is 2.34. The molecule has 0 aliphatic heterocycles. The molecule has 0 saturated carbocycles. The molecule has 0 saturated heterocycles. The molecule has 2 rings (SSSR count). The number of anilines is 1. The van der Waals surface area contributed by atoms with Crippen LogP contribution in [0.25, 0.3) is 0 Å². The van der Waals surface area contributed by atoms with Crippen LogP contribution in [0.1, 0.15) is 28.9 Å². The predicted molar refractivity (Wildman–Crippen MR) is 64.7 cm³/mol. The molecule has 0 unspecified atom stereocenters. The molecule has 1 amide bonds. The molecule has 18 heavy (non-hydrogen) atoms. The standard InChI is InChI=1S/C11H15N5O2/c1-3-16-10(9(12)6-14-16)11(17)13-5-8-4-7(2)18-15-8/h4,6H,3,5,12H2,1-2H3,(H,13,17). The Morgan fingerprint density at radius 2 is 2.39 bits per heavy atom. The van der Waals surface area contributed by atoms with Gasteiger partial charge in [-0.05, 0) is 13.8 Å². The summed E-state index contributed by atoms with van der Waals surface area (Å²) in [4.78, 5) is 12.0. The number of nitrogens with two attached hydrogens (primary N) is 1. The van der Waals surface area contributed by atoms with Gasteiger partial charge >= 0.3 is 0 Å². The van der Waals surface area contributed by atoms with Gasteiger partial charge in [-0.1, -0.05) is 5.16 Å². The minimum Gasteiger partial charge on any atom is -0.396 e. The van der Waals surface area contributed by atoms with Crippen molar-refractivity contribution in [2.75, 3.05) is 5.73 Å². The summed E-state index contributed by atoms with van der Waals surface area (Å²) in [6.07, 6.45) is 1.47. The van der Waals surface area contributed by atoms with E-state index in [1.54, 1.807) is 17.7 Å². The number of nitrogens with zero attached hydrogens (tertiary/aromatic N) is 3. The van der Waals surface area contributed by atoms with Crippen LogP contribution >= 0.6 is 0 Å². The number of nitrogen functional groups attached to an aromatic ring is 1. The SMILES string of the molecule is CCn1ncc(N)c1C(=O)NCc1cc(C)on1. The normalized spacial score (nSPS) is 10.6. The van der Waals surface area contributed by atoms with Gasteiger partial charge in [0.15, 0.2) is 0 Å². The Morgan fingerprint density at radius 3 is 3.00 bits per heavy atom. The van der Waals surface area contributed by atoms with Crippen LogP contribution in [0.4, 0.5) is 5.69 Å². The molecular weight excluding hydrogens is 234 g/mol. The first kappa shape index (κ1) is 12.2. The second kappa shape index (κ2) is 4.91. The van der Waals surface area contributed by atoms with Crippen molar-refractivity contribution in [2.24, 2.45) is 0 Å². The van der Waals surface area contributed by atoms with Gasteiger partial charge in [-0.3, -0.25) is 9.48 Å². The maximum atomic E-state index is 12.0. The van der Waals surface area contributed by atoms with Crippen LogP contribution in [0, 0.1) is 6.92 Å². The van der Waals surface area contributed by atoms with Crippen LogP contribution in [0.2, 0.25) is 0 Å². The van der Waals surface area contributed by atoms with E-state index in [4.69, 9.17) is 10.3 Å². The van der Waals surface area contributed by atoms with Gasteiger partial charge < -0.3 is 15.6 Å². The first-order valence-corrected chi connectivity index (χ1v) is 5.63. The molecule has 0 bridgehead atoms. The van der Waals surface area contributed by atoms with E-state index in [1.165, 1.54) is 6.20 Å². The fourth-order valence-electron chi connectivity index (χ4n) is 1.64. The molecular formula is C11H15N5O2. The molecule has 7 heteroatoms. The van der Waals surface area contributed by atoms with E-state index in [-0.39, 0.29) is 5.91 Å². The molecule has 3 N–H and O–H groups in total. The lowest BCUT2D eigenvalue weighted by atomic mass is 10.3. The highest BCUT2D eigenvalue weighted by atomic mass is 16.5. The van der Waals surface area contributed by atoms with Gasteiger partial charge in [-0.25, -0.2) is 0 Å². The van der Waals surface area contributed by atoms with Crippen LogP contribution in [-0.4, -0.2) is 20.8 Å². The summed E-state index contributed by atoms with van der Waals surface area (Å²) >= 11 is 0. The lowest BCUT2D eigenvalue weighted by molar-refractivity contribution is 0.0940. The first-order valence-electron chi connectivity index (χ1n) is 5.63. The van der Waals surface area contributed by atoms with E-state index in [2.05, 4.69) is 15.6 Å². The van der Waals surface area contributed by atoms with Crippen molar-refractivity contribution in [2.45, 2.75) is 26.9 Å². The van der Waals surface area contributed by atoms with E-state index >= 15 is 0 Å². The van der Waals surface area contributed by atoms with E-state index in [9.17, 15) is 4.79 Å². The maximum absolute atomic E-state index is 12.0. The van der Waals surface area contributed by atoms with Gasteiger partial charge in [0.25, 0.3) is 5.91 Å². The van der Waals surface area contributed by atoms with E-state index in [0.29, 0.717) is 35.9 Å². The molecule has 0 atom stereocenters. The molecule has 0 aromatic carbocycles. The van der Waals surface area contributed by atoms with E-state index in [0.717, 1.165) is 0 Å². The summed E-state index contributed by atoms with van der Waals surface area (Å²) in [5, 5.41) is 10.5. The third-order valence-electron chi connectivity index (χ3n) is 2.49. The van der Waals surface area contributed by atoms with Crippen LogP contribution < -0.4 is 11.1 Å². The largest absolute Gasteiger partial charge is 0.396 e. The highest BCUT2D eigenvalue weighted by Crippen LogP contribution is 2.10. The second-order valence-electron chi connectivity index (χ2n) is 3.88. The molecule has 0 spiro atoms. The van der Waals surface area contributed by atoms with Crippen LogP contribution in [0.3, 0.4) is 0 Å². The number of nitrogens with one attached hydrogen (secondary N) is 1. The minimum atomic E-state index is -0.271. The molecule has 0 aliphatic rings. The van der Waals surface area contributed by atoms with Crippen molar-refractivity contribution in [1.29, 1.82) is 0 Å². The van der Waals surface area contributed by atoms with Gasteiger partial charge in [-0.2, -0.15) is 5.10 Å². The zero-order valence-corrected chi connectivity index (χ0v) is 10.3. The van der Waals surface area contributed by atoms with Gasteiger partial charge in [-0.15, -0.1) is 0 Å². The summed E-state index contributed by atoms with van der Waals surface area (Å²) in [5.74, 6) is 0.435. The first-order chi connectivity index (χ1) is 8.61. The molecule has 0 aliphatic carbocycles. The molecule has 2 aromatic heterocycles. The Kier molecular flexibility index (Phi) is 3.31. The predicted octanol–water partition coefficient (Wildman–Crippen LogP) is 0.712. The number of carbonyl (C=O) groups excluding carboxylic acids is 1. The van der Waals surface area contributed by atoms with Crippen molar-refractivity contribution in [3.05, 3.63) is 29.4 Å². The second-order valence-corrected chi connectivity index (χ2v) is 3.88. The quantitative estimate of drug-likeness (QED) is 0.831. The number of aromatic nitrogens is 3. The summed E-state index contributed by atoms with van der Waals surface area (Å²) in [6, 6.07) is 1.76. The van der Waals surface area contributed by atoms with Gasteiger partial charge in [0.1, 0.15) is 17.1 Å². The van der Waals surface area contributed by atoms with Gasteiger partial charge in [0.05, 0.1) is 18.4 Å². The van der Waals surface area contributed by atoms with Crippen LogP contribution in [0.15, 0.2) is 16.8 Å². The lowest BCUT2D eigenvalue weighted by Crippen LogP contribution is -2.26. The van der Waals surface area contributed by atoms with Crippen molar-refractivity contribution in [3.63, 3.8) is 0 Å². The summed E-state index contributed by atoms with van der Waals surface area (Å²) in [5.41, 5.74) is 7.12. The highest BCUT2D eigenvalue weighted by Gasteiger charge is 2.16. The van der Waals surface area contributed by atoms with Crippen molar-refractivity contribution in [3.8, 4) is 0 Å². The van der Waals surface area contributed by atoms with Crippen LogP contribution in [0.5, 0.6) is 0 Å². The van der Waals surface area contributed by atoms with Gasteiger partial charge in [0.2, 0.25) is 0 Å². The number of amides is 1. The summed E-state index contributed by atoms with van der Waals surface area (Å²) in [7, 11) is 0. The monoisotopic (exact) mass is 249 g/mol. The van der Waals surface area contributed by atoms with Crippen LogP contribution in [-0.2, 0) is 13.1 Å². The zero-order chi connectivity index (χ0) is 13.1. The molecule has 2 heterocycles. The van der Waals surface area contributed by atoms with E-state index < -0.39 is 0 Å². The molecule has 0 fully saturated rings. The maximum Gasteiger partial charge on any atom is 0.272 e. The summed E-state index contributed by atoms with van der Waals surface area (Å²) in [6.45, 7) is 4.57. The fourth-order valence-corrected chi connectivity index (χ4v) is 1.64. The van der Waals surface area contributed by atoms with Crippen molar-refractivity contribution >= 4 is 11.6 Å². The van der Waals surface area contributed by atoms with E-state index in [1.807, 2.05) is 6.92 Å². The summed E-state index contributed by atoms with van der Waals surface area (Å²) < 4.78 is 6.47. The smallest absolute Gasteiger partial charge is 0.272 e. The average molecular weight is 249 g/mol. The number of carbonyl (C=O) groups is 1. The zero-order valence-electron chi connectivity index (χ0n) is 10.3. The van der Waals surface area contributed by atoms with Gasteiger partial charge in [0, 0.05) is 12.6 Å². The number of aryl methyl sites for hydroxylation is 2. The topological polar surface area (TPSA) is 99.0 Å². The highest BCUT2D eigenvalue weighted by molar-refractivity contribution is 5.97. The number of hydrogen-bond donors (Lipinski definition) is 2. The average Bonchev–Trinajstić information content (AvgIpc) is 2.92. The Hall–Kier alpha value is -2.31. The number of hydrogen-bond acceptors (Lipinski definition) is 5. The fraction of sp³-hybridized carbons (Fsp3) is 0.364.